The summed E-state index contributed by atoms with van der Waals surface area (Å²) in [6.45, 7) is 0. The maximum atomic E-state index is 13.0. The summed E-state index contributed by atoms with van der Waals surface area (Å²) < 4.78 is 24.8. The van der Waals surface area contributed by atoms with Gasteiger partial charge in [0, 0.05) is 16.3 Å². The smallest absolute Gasteiger partial charge is 0.126 e. The minimum Gasteiger partial charge on any atom is -0.399 e. The molecular weight excluding hydrogens is 213 g/mol. The SMILES string of the molecule is Nc1cc(F)cc(S(=O)CCC2CC2)c1. The van der Waals surface area contributed by atoms with Crippen molar-refractivity contribution < 1.29 is 8.60 Å². The lowest BCUT2D eigenvalue weighted by Gasteiger charge is -2.03. The molecule has 0 radical (unpaired) electrons. The summed E-state index contributed by atoms with van der Waals surface area (Å²) in [7, 11) is -1.10. The topological polar surface area (TPSA) is 43.1 Å². The van der Waals surface area contributed by atoms with Gasteiger partial charge < -0.3 is 5.73 Å². The van der Waals surface area contributed by atoms with Gasteiger partial charge in [0.05, 0.1) is 10.8 Å². The zero-order valence-electron chi connectivity index (χ0n) is 8.41. The van der Waals surface area contributed by atoms with Crippen molar-refractivity contribution in [3.63, 3.8) is 0 Å². The van der Waals surface area contributed by atoms with Gasteiger partial charge in [-0.25, -0.2) is 4.39 Å². The van der Waals surface area contributed by atoms with Crippen molar-refractivity contribution >= 4 is 16.5 Å². The lowest BCUT2D eigenvalue weighted by atomic mass is 10.3. The normalized spacial score (nSPS) is 17.7. The van der Waals surface area contributed by atoms with Gasteiger partial charge >= 0.3 is 0 Å². The molecule has 0 spiro atoms. The van der Waals surface area contributed by atoms with Crippen molar-refractivity contribution in [1.82, 2.24) is 0 Å². The Morgan fingerprint density at radius 3 is 2.73 bits per heavy atom. The van der Waals surface area contributed by atoms with Crippen molar-refractivity contribution in [3.8, 4) is 0 Å². The minimum absolute atomic E-state index is 0.338. The summed E-state index contributed by atoms with van der Waals surface area (Å²) in [6.07, 6.45) is 3.48. The average molecular weight is 227 g/mol. The molecule has 2 rings (SSSR count). The van der Waals surface area contributed by atoms with Crippen LogP contribution in [-0.2, 0) is 10.8 Å². The molecule has 1 aromatic rings. The Morgan fingerprint density at radius 2 is 2.13 bits per heavy atom. The Kier molecular flexibility index (Phi) is 3.05. The number of hydrogen-bond donors (Lipinski definition) is 1. The molecule has 1 aliphatic carbocycles. The Labute approximate surface area is 91.1 Å². The first kappa shape index (κ1) is 10.6. The zero-order valence-corrected chi connectivity index (χ0v) is 9.23. The molecule has 1 saturated carbocycles. The van der Waals surface area contributed by atoms with Gasteiger partial charge in [0.25, 0.3) is 0 Å². The van der Waals surface area contributed by atoms with E-state index >= 15 is 0 Å². The third-order valence-electron chi connectivity index (χ3n) is 2.56. The van der Waals surface area contributed by atoms with Gasteiger partial charge in [-0.2, -0.15) is 0 Å². The van der Waals surface area contributed by atoms with Crippen LogP contribution in [0.5, 0.6) is 0 Å². The molecule has 82 valence electrons. The maximum absolute atomic E-state index is 13.0. The highest BCUT2D eigenvalue weighted by Gasteiger charge is 2.21. The van der Waals surface area contributed by atoms with Gasteiger partial charge in [-0.1, -0.05) is 12.8 Å². The molecule has 15 heavy (non-hydrogen) atoms. The number of nitrogen functional groups attached to an aromatic ring is 1. The summed E-state index contributed by atoms with van der Waals surface area (Å²) >= 11 is 0. The average Bonchev–Trinajstić information content (AvgIpc) is 2.96. The number of halogens is 1. The fraction of sp³-hybridized carbons (Fsp3) is 0.455. The second kappa shape index (κ2) is 4.31. The highest BCUT2D eigenvalue weighted by Crippen LogP contribution is 2.32. The highest BCUT2D eigenvalue weighted by molar-refractivity contribution is 7.85. The summed E-state index contributed by atoms with van der Waals surface area (Å²) in [5.74, 6) is 0.956. The summed E-state index contributed by atoms with van der Waals surface area (Å²) in [5, 5.41) is 0. The Balaban J connectivity index is 2.02. The van der Waals surface area contributed by atoms with Crippen LogP contribution in [0.2, 0.25) is 0 Å². The van der Waals surface area contributed by atoms with E-state index in [2.05, 4.69) is 0 Å². The maximum Gasteiger partial charge on any atom is 0.126 e. The molecule has 0 bridgehead atoms. The lowest BCUT2D eigenvalue weighted by molar-refractivity contribution is 0.623. The predicted molar refractivity (Wildman–Crippen MR) is 59.4 cm³/mol. The van der Waals surface area contributed by atoms with E-state index in [0.29, 0.717) is 16.3 Å². The molecule has 0 aliphatic heterocycles. The van der Waals surface area contributed by atoms with Crippen LogP contribution in [-0.4, -0.2) is 9.96 Å². The first-order chi connectivity index (χ1) is 7.15. The molecule has 0 saturated heterocycles. The molecule has 1 atom stereocenters. The van der Waals surface area contributed by atoms with E-state index in [0.717, 1.165) is 12.3 Å². The van der Waals surface area contributed by atoms with Crippen LogP contribution in [0.3, 0.4) is 0 Å². The van der Waals surface area contributed by atoms with Crippen LogP contribution >= 0.6 is 0 Å². The first-order valence-corrected chi connectivity index (χ1v) is 6.41. The van der Waals surface area contributed by atoms with Crippen LogP contribution < -0.4 is 5.73 Å². The van der Waals surface area contributed by atoms with E-state index in [4.69, 9.17) is 5.73 Å². The van der Waals surface area contributed by atoms with Gasteiger partial charge in [0.15, 0.2) is 0 Å². The van der Waals surface area contributed by atoms with Gasteiger partial charge in [0.1, 0.15) is 5.82 Å². The third-order valence-corrected chi connectivity index (χ3v) is 3.93. The summed E-state index contributed by atoms with van der Waals surface area (Å²) in [5.41, 5.74) is 5.83. The molecular formula is C11H14FNOS. The number of hydrogen-bond acceptors (Lipinski definition) is 2. The zero-order chi connectivity index (χ0) is 10.8. The van der Waals surface area contributed by atoms with Crippen molar-refractivity contribution in [1.29, 1.82) is 0 Å². The van der Waals surface area contributed by atoms with Crippen molar-refractivity contribution in [2.45, 2.75) is 24.2 Å². The second-order valence-corrected chi connectivity index (χ2v) is 5.57. The van der Waals surface area contributed by atoms with E-state index in [1.165, 1.54) is 25.0 Å². The number of rotatable bonds is 4. The molecule has 0 amide bonds. The minimum atomic E-state index is -1.10. The molecule has 1 fully saturated rings. The fourth-order valence-electron chi connectivity index (χ4n) is 1.51. The van der Waals surface area contributed by atoms with Crippen LogP contribution in [0.25, 0.3) is 0 Å². The van der Waals surface area contributed by atoms with E-state index in [1.54, 1.807) is 6.07 Å². The molecule has 1 unspecified atom stereocenters. The molecule has 4 heteroatoms. The van der Waals surface area contributed by atoms with Gasteiger partial charge in [-0.15, -0.1) is 0 Å². The molecule has 0 heterocycles. The quantitative estimate of drug-likeness (QED) is 0.802. The molecule has 1 aromatic carbocycles. The van der Waals surface area contributed by atoms with E-state index in [9.17, 15) is 8.60 Å². The lowest BCUT2D eigenvalue weighted by Crippen LogP contribution is -2.00. The largest absolute Gasteiger partial charge is 0.399 e. The Bertz CT molecular complexity index is 370. The second-order valence-electron chi connectivity index (χ2n) is 4.00. The van der Waals surface area contributed by atoms with Crippen LogP contribution in [0.4, 0.5) is 10.1 Å². The summed E-state index contributed by atoms with van der Waals surface area (Å²) in [6, 6.07) is 4.13. The van der Waals surface area contributed by atoms with E-state index in [-0.39, 0.29) is 0 Å². The molecule has 0 aromatic heterocycles. The van der Waals surface area contributed by atoms with Crippen LogP contribution in [0.1, 0.15) is 19.3 Å². The monoisotopic (exact) mass is 227 g/mol. The van der Waals surface area contributed by atoms with Crippen molar-refractivity contribution in [2.24, 2.45) is 5.92 Å². The Morgan fingerprint density at radius 1 is 1.40 bits per heavy atom. The van der Waals surface area contributed by atoms with E-state index < -0.39 is 16.6 Å². The van der Waals surface area contributed by atoms with Crippen molar-refractivity contribution in [3.05, 3.63) is 24.0 Å². The van der Waals surface area contributed by atoms with Gasteiger partial charge in [-0.3, -0.25) is 4.21 Å². The van der Waals surface area contributed by atoms with Gasteiger partial charge in [0.2, 0.25) is 0 Å². The molecule has 1 aliphatic rings. The predicted octanol–water partition coefficient (Wildman–Crippen LogP) is 2.32. The van der Waals surface area contributed by atoms with Crippen LogP contribution in [0, 0.1) is 11.7 Å². The van der Waals surface area contributed by atoms with Gasteiger partial charge in [-0.05, 0) is 30.5 Å². The summed E-state index contributed by atoms with van der Waals surface area (Å²) in [4.78, 5) is 0.508. The first-order valence-electron chi connectivity index (χ1n) is 5.09. The number of anilines is 1. The van der Waals surface area contributed by atoms with E-state index in [1.807, 2.05) is 0 Å². The van der Waals surface area contributed by atoms with Crippen molar-refractivity contribution in [2.75, 3.05) is 11.5 Å². The standard InChI is InChI=1S/C11H14FNOS/c12-9-5-10(13)7-11(6-9)15(14)4-3-8-1-2-8/h5-8H,1-4,13H2. The Hall–Kier alpha value is -0.900. The third kappa shape index (κ3) is 3.02. The number of nitrogens with two attached hydrogens (primary N) is 1. The molecule has 2 N–H and O–H groups in total. The number of benzene rings is 1. The molecule has 2 nitrogen and oxygen atoms in total. The highest BCUT2D eigenvalue weighted by atomic mass is 32.2. The fourth-order valence-corrected chi connectivity index (χ4v) is 2.81. The van der Waals surface area contributed by atoms with Crippen LogP contribution in [0.15, 0.2) is 23.1 Å².